The summed E-state index contributed by atoms with van der Waals surface area (Å²) in [5.74, 6) is 0. The molecule has 10 rings (SSSR count). The molecule has 0 atom stereocenters. The average molecular weight is 795 g/mol. The molecule has 2 aliphatic heterocycles. The van der Waals surface area contributed by atoms with Crippen molar-refractivity contribution in [3.05, 3.63) is 123 Å². The second kappa shape index (κ2) is 12.4. The minimum Gasteiger partial charge on any atom is -0.311 e. The van der Waals surface area contributed by atoms with Gasteiger partial charge in [-0.05, 0) is 172 Å². The average Bonchev–Trinajstić information content (AvgIpc) is 3.52. The van der Waals surface area contributed by atoms with Crippen molar-refractivity contribution in [3.63, 3.8) is 0 Å². The maximum Gasteiger partial charge on any atom is 0.264 e. The molecule has 302 valence electrons. The van der Waals surface area contributed by atoms with Crippen LogP contribution in [0.15, 0.2) is 78.9 Å². The summed E-state index contributed by atoms with van der Waals surface area (Å²) < 4.78 is 2.83. The molecule has 0 fully saturated rings. The van der Waals surface area contributed by atoms with Crippen LogP contribution in [-0.4, -0.2) is 6.71 Å². The summed E-state index contributed by atoms with van der Waals surface area (Å²) in [5, 5.41) is 1.36. The molecule has 1 aromatic heterocycles. The van der Waals surface area contributed by atoms with Crippen molar-refractivity contribution in [2.24, 2.45) is 0 Å². The number of anilines is 6. The number of rotatable bonds is 2. The van der Waals surface area contributed by atoms with E-state index >= 15 is 0 Å². The molecule has 0 saturated heterocycles. The number of hydrogen-bond acceptors (Lipinski definition) is 3. The minimum absolute atomic E-state index is 0.0699. The SMILES string of the molecule is Cc1cc2c3c(c1)N(c1ccc(C(C)(C)C)cc1C)c1c(sc4ccc(C)cc14)B3c1cc3c(cc1N2c1ccc2c(c1)C(C)(C)CCC2(C)C)C(C)(C)CCC3(C)C. The first-order valence-electron chi connectivity index (χ1n) is 22.3. The van der Waals surface area contributed by atoms with Crippen molar-refractivity contribution in [1.29, 1.82) is 0 Å². The molecular weight excluding hydrogens is 731 g/mol. The molecule has 0 radical (unpaired) electrons. The summed E-state index contributed by atoms with van der Waals surface area (Å²) in [6.45, 7) is 33.8. The topological polar surface area (TPSA) is 6.48 Å². The van der Waals surface area contributed by atoms with Crippen molar-refractivity contribution in [2.75, 3.05) is 9.80 Å². The van der Waals surface area contributed by atoms with E-state index in [-0.39, 0.29) is 33.8 Å². The van der Waals surface area contributed by atoms with Crippen molar-refractivity contribution >= 4 is 78.0 Å². The third-order valence-corrected chi connectivity index (χ3v) is 16.6. The lowest BCUT2D eigenvalue weighted by Crippen LogP contribution is -2.61. The van der Waals surface area contributed by atoms with Crippen LogP contribution in [0.3, 0.4) is 0 Å². The number of thiophene rings is 1. The van der Waals surface area contributed by atoms with E-state index in [1.807, 2.05) is 11.3 Å². The fourth-order valence-corrected chi connectivity index (χ4v) is 12.7. The molecule has 2 aliphatic carbocycles. The summed E-state index contributed by atoms with van der Waals surface area (Å²) in [6, 6.07) is 32.3. The van der Waals surface area contributed by atoms with E-state index < -0.39 is 0 Å². The van der Waals surface area contributed by atoms with Crippen molar-refractivity contribution in [3.8, 4) is 0 Å². The zero-order chi connectivity index (χ0) is 41.9. The summed E-state index contributed by atoms with van der Waals surface area (Å²) in [7, 11) is 0. The van der Waals surface area contributed by atoms with E-state index in [0.717, 1.165) is 0 Å². The summed E-state index contributed by atoms with van der Waals surface area (Å²) in [4.78, 5) is 5.37. The summed E-state index contributed by atoms with van der Waals surface area (Å²) in [6.07, 6.45) is 4.80. The van der Waals surface area contributed by atoms with Crippen LogP contribution in [-0.2, 0) is 27.1 Å². The standard InChI is InChI=1S/C55H63BN2S/c1-32-15-20-47-37(25-32)49-50(59-47)56-42-30-40-41(55(13,14)24-23-54(40,11)12)31-44(42)57(36-17-18-38-39(29-36)53(9,10)22-21-52(38,7)8)45-26-33(2)27-46(48(45)56)58(49)43-19-16-35(28-34(43)3)51(4,5)6/h15-20,25-31H,21-24H2,1-14H3. The summed E-state index contributed by atoms with van der Waals surface area (Å²) in [5.41, 5.74) is 22.7. The highest BCUT2D eigenvalue weighted by Gasteiger charge is 2.48. The van der Waals surface area contributed by atoms with E-state index in [9.17, 15) is 0 Å². The Hall–Kier alpha value is -4.28. The Morgan fingerprint density at radius 1 is 0.542 bits per heavy atom. The van der Waals surface area contributed by atoms with Crippen LogP contribution in [0.1, 0.15) is 146 Å². The van der Waals surface area contributed by atoms with Gasteiger partial charge in [-0.2, -0.15) is 0 Å². The molecule has 5 aromatic carbocycles. The molecule has 0 unspecified atom stereocenters. The quantitative estimate of drug-likeness (QED) is 0.161. The van der Waals surface area contributed by atoms with Gasteiger partial charge in [0.15, 0.2) is 0 Å². The van der Waals surface area contributed by atoms with Crippen LogP contribution in [0.2, 0.25) is 0 Å². The predicted molar refractivity (Wildman–Crippen MR) is 259 cm³/mol. The number of fused-ring (bicyclic) bond motifs is 8. The molecule has 4 aliphatic rings. The molecule has 59 heavy (non-hydrogen) atoms. The van der Waals surface area contributed by atoms with Crippen LogP contribution in [0.4, 0.5) is 34.1 Å². The first-order valence-corrected chi connectivity index (χ1v) is 23.1. The van der Waals surface area contributed by atoms with E-state index in [0.29, 0.717) is 0 Å². The third kappa shape index (κ3) is 5.71. The second-order valence-corrected chi connectivity index (χ2v) is 23.7. The second-order valence-electron chi connectivity index (χ2n) is 22.6. The molecule has 2 nitrogen and oxygen atoms in total. The van der Waals surface area contributed by atoms with Crippen molar-refractivity contribution < 1.29 is 0 Å². The molecular formula is C55H63BN2S. The third-order valence-electron chi connectivity index (χ3n) is 15.3. The Labute approximate surface area is 359 Å². The predicted octanol–water partition coefficient (Wildman–Crippen LogP) is 13.9. The molecule has 6 aromatic rings. The van der Waals surface area contributed by atoms with Gasteiger partial charge < -0.3 is 9.80 Å². The molecule has 0 spiro atoms. The van der Waals surface area contributed by atoms with Gasteiger partial charge in [-0.15, -0.1) is 11.3 Å². The monoisotopic (exact) mass is 794 g/mol. The van der Waals surface area contributed by atoms with Gasteiger partial charge in [0, 0.05) is 43.3 Å². The highest BCUT2D eigenvalue weighted by Crippen LogP contribution is 2.54. The molecule has 0 amide bonds. The van der Waals surface area contributed by atoms with Crippen LogP contribution in [0.5, 0.6) is 0 Å². The molecule has 3 heterocycles. The first kappa shape index (κ1) is 38.9. The molecule has 0 saturated carbocycles. The van der Waals surface area contributed by atoms with Crippen LogP contribution >= 0.6 is 11.3 Å². The van der Waals surface area contributed by atoms with E-state index in [1.54, 1.807) is 0 Å². The number of aryl methyl sites for hydroxylation is 3. The lowest BCUT2D eigenvalue weighted by atomic mass is 9.35. The van der Waals surface area contributed by atoms with Gasteiger partial charge in [-0.3, -0.25) is 0 Å². The van der Waals surface area contributed by atoms with Gasteiger partial charge in [0.1, 0.15) is 0 Å². The fourth-order valence-electron chi connectivity index (χ4n) is 11.4. The Balaban J connectivity index is 1.33. The lowest BCUT2D eigenvalue weighted by Gasteiger charge is -2.47. The zero-order valence-corrected chi connectivity index (χ0v) is 39.0. The van der Waals surface area contributed by atoms with E-state index in [4.69, 9.17) is 0 Å². The zero-order valence-electron chi connectivity index (χ0n) is 38.2. The molecule has 0 bridgehead atoms. The van der Waals surface area contributed by atoms with Crippen LogP contribution in [0, 0.1) is 20.8 Å². The van der Waals surface area contributed by atoms with Gasteiger partial charge in [-0.1, -0.05) is 112 Å². The smallest absolute Gasteiger partial charge is 0.264 e. The maximum atomic E-state index is 2.70. The van der Waals surface area contributed by atoms with Gasteiger partial charge in [0.2, 0.25) is 0 Å². The van der Waals surface area contributed by atoms with E-state index in [2.05, 4.69) is 186 Å². The van der Waals surface area contributed by atoms with Gasteiger partial charge in [0.25, 0.3) is 6.71 Å². The summed E-state index contributed by atoms with van der Waals surface area (Å²) >= 11 is 2.02. The van der Waals surface area contributed by atoms with Crippen molar-refractivity contribution in [1.82, 2.24) is 0 Å². The van der Waals surface area contributed by atoms with Gasteiger partial charge in [-0.25, -0.2) is 0 Å². The lowest BCUT2D eigenvalue weighted by molar-refractivity contribution is 0.332. The Kier molecular flexibility index (Phi) is 8.18. The Morgan fingerprint density at radius 3 is 1.76 bits per heavy atom. The Morgan fingerprint density at radius 2 is 1.14 bits per heavy atom. The van der Waals surface area contributed by atoms with Crippen LogP contribution < -0.4 is 25.5 Å². The van der Waals surface area contributed by atoms with Crippen molar-refractivity contribution in [2.45, 2.75) is 150 Å². The minimum atomic E-state index is 0.0699. The van der Waals surface area contributed by atoms with Gasteiger partial charge in [0.05, 0.1) is 5.69 Å². The molecule has 0 N–H and O–H groups in total. The molecule has 4 heteroatoms. The Bertz CT molecular complexity index is 2770. The van der Waals surface area contributed by atoms with Crippen LogP contribution in [0.25, 0.3) is 10.1 Å². The highest BCUT2D eigenvalue weighted by molar-refractivity contribution is 7.33. The van der Waals surface area contributed by atoms with Gasteiger partial charge >= 0.3 is 0 Å². The number of benzene rings is 5. The maximum absolute atomic E-state index is 2.70. The van der Waals surface area contributed by atoms with E-state index in [1.165, 1.54) is 130 Å². The largest absolute Gasteiger partial charge is 0.311 e. The fraction of sp³-hybridized carbons (Fsp3) is 0.418. The normalized spacial score (nSPS) is 19.2. The highest BCUT2D eigenvalue weighted by atomic mass is 32.1. The number of nitrogens with zero attached hydrogens (tertiary/aromatic N) is 2. The number of hydrogen-bond donors (Lipinski definition) is 0. The first-order chi connectivity index (χ1) is 27.6.